The van der Waals surface area contributed by atoms with Gasteiger partial charge in [-0.1, -0.05) is 23.0 Å². The van der Waals surface area contributed by atoms with E-state index in [1.54, 1.807) is 12.1 Å². The Morgan fingerprint density at radius 3 is 2.83 bits per heavy atom. The monoisotopic (exact) mass is 400 g/mol. The van der Waals surface area contributed by atoms with Crippen LogP contribution in [0.25, 0.3) is 15.7 Å². The van der Waals surface area contributed by atoms with Crippen LogP contribution in [0, 0.1) is 17.9 Å². The van der Waals surface area contributed by atoms with Gasteiger partial charge in [0.1, 0.15) is 17.9 Å². The molecule has 3 N–H and O–H groups in total. The molecule has 1 aromatic heterocycles. The number of hydrogen-bond donors (Lipinski definition) is 2. The summed E-state index contributed by atoms with van der Waals surface area (Å²) in [6.07, 6.45) is 2.31. The van der Waals surface area contributed by atoms with Crippen LogP contribution in [0.4, 0.5) is 11.4 Å². The zero-order valence-corrected chi connectivity index (χ0v) is 16.6. The van der Waals surface area contributed by atoms with Crippen LogP contribution in [0.5, 0.6) is 5.75 Å². The molecule has 7 heteroatoms. The first-order valence-corrected chi connectivity index (χ1v) is 9.66. The Morgan fingerprint density at radius 1 is 1.37 bits per heavy atom. The van der Waals surface area contributed by atoms with Gasteiger partial charge in [0.25, 0.3) is 6.57 Å². The van der Waals surface area contributed by atoms with E-state index in [9.17, 15) is 5.26 Å². The number of nitriles is 1. The van der Waals surface area contributed by atoms with Crippen molar-refractivity contribution in [2.45, 2.75) is 25.1 Å². The quantitative estimate of drug-likeness (QED) is 0.626. The molecule has 2 atom stereocenters. The van der Waals surface area contributed by atoms with Crippen LogP contribution < -0.4 is 15.8 Å². The summed E-state index contributed by atoms with van der Waals surface area (Å²) < 4.78 is 11.4. The highest BCUT2D eigenvalue weighted by molar-refractivity contribution is 5.97. The van der Waals surface area contributed by atoms with Crippen molar-refractivity contribution >= 4 is 22.3 Å². The minimum Gasteiger partial charge on any atom is -0.486 e. The molecular weight excluding hydrogens is 378 g/mol. The van der Waals surface area contributed by atoms with Crippen LogP contribution in [-0.4, -0.2) is 24.3 Å². The molecule has 2 heterocycles. The third kappa shape index (κ3) is 3.59. The normalized spacial score (nSPS) is 17.6. The van der Waals surface area contributed by atoms with Crippen molar-refractivity contribution in [1.82, 2.24) is 4.98 Å². The maximum Gasteiger partial charge on any atom is 0.376 e. The van der Waals surface area contributed by atoms with Crippen molar-refractivity contribution in [3.8, 4) is 18.4 Å². The second kappa shape index (κ2) is 7.90. The second-order valence-electron chi connectivity index (χ2n) is 7.36. The molecule has 3 aromatic rings. The zero-order valence-electron chi connectivity index (χ0n) is 16.6. The van der Waals surface area contributed by atoms with Crippen molar-refractivity contribution < 1.29 is 9.47 Å². The molecule has 30 heavy (non-hydrogen) atoms. The Kier molecular flexibility index (Phi) is 5.14. The lowest BCUT2D eigenvalue weighted by molar-refractivity contribution is 0.142. The minimum atomic E-state index is -0.952. The van der Waals surface area contributed by atoms with E-state index in [1.807, 2.05) is 37.3 Å². The highest BCUT2D eigenvalue weighted by Gasteiger charge is 2.38. The van der Waals surface area contributed by atoms with Crippen LogP contribution in [0.15, 0.2) is 48.7 Å². The van der Waals surface area contributed by atoms with Crippen molar-refractivity contribution in [2.75, 3.05) is 24.3 Å². The van der Waals surface area contributed by atoms with E-state index in [0.29, 0.717) is 46.8 Å². The maximum absolute atomic E-state index is 9.67. The van der Waals surface area contributed by atoms with Crippen LogP contribution in [-0.2, 0) is 10.4 Å². The lowest BCUT2D eigenvalue weighted by Gasteiger charge is -2.20. The molecule has 1 aliphatic rings. The number of pyridine rings is 1. The molecule has 1 saturated heterocycles. The van der Waals surface area contributed by atoms with E-state index in [2.05, 4.69) is 21.2 Å². The predicted octanol–water partition coefficient (Wildman–Crippen LogP) is 4.10. The fourth-order valence-corrected chi connectivity index (χ4v) is 3.53. The van der Waals surface area contributed by atoms with Crippen LogP contribution in [0.1, 0.15) is 24.5 Å². The van der Waals surface area contributed by atoms with Gasteiger partial charge in [0.15, 0.2) is 0 Å². The van der Waals surface area contributed by atoms with Crippen molar-refractivity contribution in [2.24, 2.45) is 0 Å². The summed E-state index contributed by atoms with van der Waals surface area (Å²) in [7, 11) is 0. The van der Waals surface area contributed by atoms with E-state index in [0.717, 1.165) is 12.0 Å². The largest absolute Gasteiger partial charge is 0.486 e. The Morgan fingerprint density at radius 2 is 2.17 bits per heavy atom. The number of benzene rings is 2. The van der Waals surface area contributed by atoms with Crippen molar-refractivity contribution in [3.63, 3.8) is 0 Å². The van der Waals surface area contributed by atoms with Crippen LogP contribution in [0.2, 0.25) is 0 Å². The average molecular weight is 400 g/mol. The first-order valence-electron chi connectivity index (χ1n) is 9.66. The van der Waals surface area contributed by atoms with Gasteiger partial charge in [0, 0.05) is 31.0 Å². The number of fused-ring (bicyclic) bond motifs is 1. The second-order valence-corrected chi connectivity index (χ2v) is 7.36. The van der Waals surface area contributed by atoms with Gasteiger partial charge >= 0.3 is 5.66 Å². The third-order valence-electron chi connectivity index (χ3n) is 5.26. The molecule has 7 nitrogen and oxygen atoms in total. The van der Waals surface area contributed by atoms with Crippen LogP contribution >= 0.6 is 0 Å². The summed E-state index contributed by atoms with van der Waals surface area (Å²) in [6, 6.07) is 15.3. The van der Waals surface area contributed by atoms with Crippen molar-refractivity contribution in [3.05, 3.63) is 64.6 Å². The Bertz CT molecular complexity index is 1160. The molecule has 1 aliphatic heterocycles. The van der Waals surface area contributed by atoms with Gasteiger partial charge in [0.2, 0.25) is 0 Å². The van der Waals surface area contributed by atoms with E-state index in [4.69, 9.17) is 21.8 Å². The number of rotatable bonds is 5. The lowest BCUT2D eigenvalue weighted by Crippen LogP contribution is -2.28. The fraction of sp³-hybridized carbons (Fsp3) is 0.261. The maximum atomic E-state index is 9.67. The molecule has 0 bridgehead atoms. The average Bonchev–Trinajstić information content (AvgIpc) is 3.28. The number of aromatic nitrogens is 1. The summed E-state index contributed by atoms with van der Waals surface area (Å²) in [4.78, 5) is 8.49. The van der Waals surface area contributed by atoms with Gasteiger partial charge in [-0.2, -0.15) is 5.26 Å². The zero-order chi connectivity index (χ0) is 21.1. The number of hydrogen-bond acceptors (Lipinski definition) is 6. The Labute approximate surface area is 174 Å². The van der Waals surface area contributed by atoms with Gasteiger partial charge in [-0.05, 0) is 18.2 Å². The minimum absolute atomic E-state index is 0.0295. The number of anilines is 2. The number of nitrogens with two attached hydrogens (primary N) is 1. The first-order chi connectivity index (χ1) is 14.5. The van der Waals surface area contributed by atoms with E-state index >= 15 is 0 Å². The first kappa shape index (κ1) is 19.5. The SMILES string of the molecule is C#[N+][C@@](C)(Nc1c(C#N)cnc2cc(OC3CCOC3)c(N)cc12)c1ccccc1. The molecule has 4 rings (SSSR count). The standard InChI is InChI=1S/C23H22N5O2/c1-23(26-2,16-6-4-3-5-7-16)28-22-15(12-24)13-27-20-11-21(19(25)10-18(20)22)30-17-8-9-29-14-17/h2-7,10-11,13,17H,8-9,14,25H2,1H3,(H,27,28)/q+1/t17?,23-/m0/s1. The van der Waals surface area contributed by atoms with Crippen LogP contribution in [0.3, 0.4) is 0 Å². The number of nitrogen functional groups attached to an aromatic ring is 1. The highest BCUT2D eigenvalue weighted by Crippen LogP contribution is 2.37. The summed E-state index contributed by atoms with van der Waals surface area (Å²) in [5.74, 6) is 0.551. The van der Waals surface area contributed by atoms with Gasteiger partial charge in [-0.25, -0.2) is 0 Å². The highest BCUT2D eigenvalue weighted by atomic mass is 16.5. The summed E-state index contributed by atoms with van der Waals surface area (Å²) in [5, 5.41) is 13.7. The molecule has 0 saturated carbocycles. The molecule has 1 fully saturated rings. The van der Waals surface area contributed by atoms with Crippen molar-refractivity contribution in [1.29, 1.82) is 5.26 Å². The lowest BCUT2D eigenvalue weighted by atomic mass is 10.00. The molecular formula is C23H22N5O2+. The number of nitrogens with one attached hydrogen (secondary N) is 1. The fourth-order valence-electron chi connectivity index (χ4n) is 3.53. The Hall–Kier alpha value is -3.81. The predicted molar refractivity (Wildman–Crippen MR) is 116 cm³/mol. The molecule has 0 radical (unpaired) electrons. The summed E-state index contributed by atoms with van der Waals surface area (Å²) in [5.41, 5.74) is 8.22. The molecule has 0 spiro atoms. The summed E-state index contributed by atoms with van der Waals surface area (Å²) in [6.45, 7) is 8.84. The Balaban J connectivity index is 1.79. The molecule has 1 unspecified atom stereocenters. The smallest absolute Gasteiger partial charge is 0.376 e. The molecule has 150 valence electrons. The van der Waals surface area contributed by atoms with E-state index < -0.39 is 5.66 Å². The molecule has 0 aliphatic carbocycles. The topological polar surface area (TPSA) is 97.5 Å². The third-order valence-corrected chi connectivity index (χ3v) is 5.26. The van der Waals surface area contributed by atoms with Gasteiger partial charge in [-0.15, -0.1) is 0 Å². The number of nitrogens with zero attached hydrogens (tertiary/aromatic N) is 3. The van der Waals surface area contributed by atoms with Gasteiger partial charge in [-0.3, -0.25) is 4.98 Å². The molecule has 2 aromatic carbocycles. The van der Waals surface area contributed by atoms with E-state index in [-0.39, 0.29) is 6.10 Å². The van der Waals surface area contributed by atoms with E-state index in [1.165, 1.54) is 6.20 Å². The molecule has 0 amide bonds. The van der Waals surface area contributed by atoms with Gasteiger partial charge in [0.05, 0.1) is 41.2 Å². The van der Waals surface area contributed by atoms with Gasteiger partial charge < -0.3 is 20.5 Å². The summed E-state index contributed by atoms with van der Waals surface area (Å²) >= 11 is 0. The number of ether oxygens (including phenoxy) is 2.